The van der Waals surface area contributed by atoms with Crippen LogP contribution >= 0.6 is 41.4 Å². The van der Waals surface area contributed by atoms with Crippen LogP contribution in [0.3, 0.4) is 0 Å². The van der Waals surface area contributed by atoms with E-state index < -0.39 is 5.17 Å². The topological polar surface area (TPSA) is 69.7 Å². The third kappa shape index (κ3) is 31.6. The van der Waals surface area contributed by atoms with Crippen molar-refractivity contribution in [1.82, 2.24) is 4.90 Å². The van der Waals surface area contributed by atoms with Gasteiger partial charge in [0.15, 0.2) is 0 Å². The van der Waals surface area contributed by atoms with Gasteiger partial charge in [0.05, 0.1) is 0 Å². The van der Waals surface area contributed by atoms with Gasteiger partial charge in [-0.05, 0) is 38.3 Å². The summed E-state index contributed by atoms with van der Waals surface area (Å²) in [5.41, 5.74) is 4.40. The zero-order chi connectivity index (χ0) is 12.1. The average molecular weight is 321 g/mol. The Labute approximate surface area is 113 Å². The van der Waals surface area contributed by atoms with Gasteiger partial charge in [-0.25, -0.2) is 0 Å². The Kier molecular flexibility index (Phi) is 31.4. The molecule has 0 spiro atoms. The Morgan fingerprint density at radius 1 is 1.13 bits per heavy atom. The van der Waals surface area contributed by atoms with E-state index in [9.17, 15) is 0 Å². The van der Waals surface area contributed by atoms with Gasteiger partial charge in [-0.1, -0.05) is 13.8 Å². The molecule has 0 aromatic carbocycles. The van der Waals surface area contributed by atoms with Crippen LogP contribution in [0.25, 0.3) is 0 Å². The van der Waals surface area contributed by atoms with E-state index in [0.29, 0.717) is 0 Å². The summed E-state index contributed by atoms with van der Waals surface area (Å²) in [5.74, 6) is 0. The van der Waals surface area contributed by atoms with Gasteiger partial charge in [0.2, 0.25) is 0 Å². The van der Waals surface area contributed by atoms with Crippen molar-refractivity contribution in [3.05, 3.63) is 0 Å². The smallest absolute Gasteiger partial charge is 0.256 e. The van der Waals surface area contributed by atoms with E-state index in [0.717, 1.165) is 13.1 Å². The molecule has 0 amide bonds. The zero-order valence-electron chi connectivity index (χ0n) is 9.56. The molecule has 0 atom stereocenters. The second-order valence-electron chi connectivity index (χ2n) is 1.79. The number of nitrogens with two attached hydrogens (primary N) is 1. The highest BCUT2D eigenvalue weighted by Crippen LogP contribution is 1.85. The minimum Gasteiger partial charge on any atom is -0.487 e. The first-order chi connectivity index (χ1) is 6.45. The summed E-state index contributed by atoms with van der Waals surface area (Å²) in [7, 11) is 0. The molecular weight excluding hydrogens is 300 g/mol. The fraction of sp³-hybridized carbons (Fsp3) is 0.750. The van der Waals surface area contributed by atoms with Gasteiger partial charge >= 0.3 is 0 Å². The SMILES string of the molecule is Br.CC.CCN(CC)C(O)=S.NC(O)=S. The highest BCUT2D eigenvalue weighted by molar-refractivity contribution is 8.93. The van der Waals surface area contributed by atoms with Crippen LogP contribution in [-0.4, -0.2) is 38.6 Å². The van der Waals surface area contributed by atoms with Crippen LogP contribution in [0, 0.1) is 0 Å². The molecule has 0 bridgehead atoms. The van der Waals surface area contributed by atoms with Crippen molar-refractivity contribution in [2.75, 3.05) is 13.1 Å². The third-order valence-corrected chi connectivity index (χ3v) is 1.29. The predicted molar refractivity (Wildman–Crippen MR) is 79.2 cm³/mol. The van der Waals surface area contributed by atoms with Gasteiger partial charge in [0, 0.05) is 13.1 Å². The molecule has 7 heteroatoms. The van der Waals surface area contributed by atoms with E-state index in [2.05, 4.69) is 30.2 Å². The van der Waals surface area contributed by atoms with Crippen molar-refractivity contribution in [3.8, 4) is 0 Å². The van der Waals surface area contributed by atoms with Gasteiger partial charge in [-0.3, -0.25) is 0 Å². The lowest BCUT2D eigenvalue weighted by Crippen LogP contribution is -2.28. The minimum atomic E-state index is -0.500. The van der Waals surface area contributed by atoms with Crippen molar-refractivity contribution < 1.29 is 10.2 Å². The lowest BCUT2D eigenvalue weighted by Gasteiger charge is -2.15. The second kappa shape index (κ2) is 19.4. The number of thiocarbonyl (C=S) groups is 2. The first-order valence-corrected chi connectivity index (χ1v) is 5.23. The molecular formula is C8H21BrN2O2S2. The maximum atomic E-state index is 8.67. The molecule has 0 fully saturated rings. The number of rotatable bonds is 2. The molecule has 0 saturated heterocycles. The Morgan fingerprint density at radius 3 is 1.33 bits per heavy atom. The molecule has 0 unspecified atom stereocenters. The Bertz CT molecular complexity index is 152. The van der Waals surface area contributed by atoms with E-state index in [1.165, 1.54) is 0 Å². The van der Waals surface area contributed by atoms with Gasteiger partial charge in [0.25, 0.3) is 10.3 Å². The summed E-state index contributed by atoms with van der Waals surface area (Å²) in [6.45, 7) is 9.47. The molecule has 0 rings (SSSR count). The standard InChI is InChI=1S/C5H11NOS.C2H6.CH3NOS.BrH/c1-3-6(4-2)5(7)8;1-2;2-1(3)4;/h3-4H2,1-2H3,(H,7,8);1-2H3;(H3,2,3,4);1H. The van der Waals surface area contributed by atoms with E-state index in [4.69, 9.17) is 10.2 Å². The molecule has 0 aromatic rings. The highest BCUT2D eigenvalue weighted by atomic mass is 79.9. The van der Waals surface area contributed by atoms with E-state index in [-0.39, 0.29) is 22.2 Å². The van der Waals surface area contributed by atoms with Crippen LogP contribution in [0.15, 0.2) is 0 Å². The third-order valence-electron chi connectivity index (χ3n) is 1.03. The van der Waals surface area contributed by atoms with Crippen LogP contribution in [-0.2, 0) is 0 Å². The van der Waals surface area contributed by atoms with Crippen molar-refractivity contribution in [1.29, 1.82) is 0 Å². The van der Waals surface area contributed by atoms with Crippen molar-refractivity contribution >= 4 is 51.8 Å². The number of hydrogen-bond donors (Lipinski definition) is 3. The summed E-state index contributed by atoms with van der Waals surface area (Å²) in [4.78, 5) is 1.70. The monoisotopic (exact) mass is 320 g/mol. The lowest BCUT2D eigenvalue weighted by molar-refractivity contribution is 0.371. The largest absolute Gasteiger partial charge is 0.487 e. The van der Waals surface area contributed by atoms with Crippen LogP contribution in [0.5, 0.6) is 0 Å². The molecule has 4 N–H and O–H groups in total. The quantitative estimate of drug-likeness (QED) is 0.679. The Morgan fingerprint density at radius 2 is 1.33 bits per heavy atom. The summed E-state index contributed by atoms with van der Waals surface area (Å²) < 4.78 is 0. The molecule has 0 aliphatic carbocycles. The number of aliphatic hydroxyl groups excluding tert-OH is 2. The zero-order valence-corrected chi connectivity index (χ0v) is 12.9. The normalized spacial score (nSPS) is 6.67. The van der Waals surface area contributed by atoms with Crippen LogP contribution in [0.4, 0.5) is 0 Å². The molecule has 0 aromatic heterocycles. The number of halogens is 1. The van der Waals surface area contributed by atoms with E-state index in [1.807, 2.05) is 27.7 Å². The molecule has 94 valence electrons. The van der Waals surface area contributed by atoms with Crippen LogP contribution in [0.1, 0.15) is 27.7 Å². The first-order valence-electron chi connectivity index (χ1n) is 4.41. The van der Waals surface area contributed by atoms with Gasteiger partial charge in [-0.2, -0.15) is 0 Å². The maximum absolute atomic E-state index is 8.67. The first kappa shape index (κ1) is 24.2. The summed E-state index contributed by atoms with van der Waals surface area (Å²) in [6, 6.07) is 0. The minimum absolute atomic E-state index is 0. The van der Waals surface area contributed by atoms with E-state index in [1.54, 1.807) is 4.90 Å². The van der Waals surface area contributed by atoms with Crippen LogP contribution in [0.2, 0.25) is 0 Å². The molecule has 0 saturated carbocycles. The van der Waals surface area contributed by atoms with Crippen LogP contribution < -0.4 is 5.73 Å². The molecule has 0 aliphatic heterocycles. The molecule has 0 aliphatic rings. The van der Waals surface area contributed by atoms with Crippen molar-refractivity contribution in [3.63, 3.8) is 0 Å². The highest BCUT2D eigenvalue weighted by Gasteiger charge is 1.98. The Balaban J connectivity index is -0.0000000742. The average Bonchev–Trinajstić information content (AvgIpc) is 2.08. The molecule has 4 nitrogen and oxygen atoms in total. The number of hydrogen-bond acceptors (Lipinski definition) is 2. The maximum Gasteiger partial charge on any atom is 0.256 e. The Hall–Kier alpha value is -0.140. The van der Waals surface area contributed by atoms with E-state index >= 15 is 0 Å². The number of nitrogens with zero attached hydrogens (tertiary/aromatic N) is 1. The fourth-order valence-corrected chi connectivity index (χ4v) is 0.752. The molecule has 0 heterocycles. The van der Waals surface area contributed by atoms with Gasteiger partial charge in [-0.15, -0.1) is 17.0 Å². The van der Waals surface area contributed by atoms with Gasteiger partial charge in [0.1, 0.15) is 0 Å². The summed E-state index contributed by atoms with van der Waals surface area (Å²) in [6.07, 6.45) is 0. The predicted octanol–water partition coefficient (Wildman–Crippen LogP) is 2.56. The summed E-state index contributed by atoms with van der Waals surface area (Å²) in [5, 5.41) is 15.7. The number of aliphatic hydroxyl groups is 2. The molecule has 15 heavy (non-hydrogen) atoms. The second-order valence-corrected chi connectivity index (χ2v) is 2.58. The van der Waals surface area contributed by atoms with Crippen molar-refractivity contribution in [2.45, 2.75) is 27.7 Å². The van der Waals surface area contributed by atoms with Crippen molar-refractivity contribution in [2.24, 2.45) is 5.73 Å². The lowest BCUT2D eigenvalue weighted by atomic mass is 10.6. The molecule has 0 radical (unpaired) electrons. The fourth-order valence-electron chi connectivity index (χ4n) is 0.494. The summed E-state index contributed by atoms with van der Waals surface area (Å²) >= 11 is 8.37. The van der Waals surface area contributed by atoms with Gasteiger partial charge < -0.3 is 20.8 Å².